The molecule has 1 aliphatic rings. The number of carbonyl (C=O) groups is 1. The molecule has 0 aromatic heterocycles. The third-order valence-corrected chi connectivity index (χ3v) is 4.07. The summed E-state index contributed by atoms with van der Waals surface area (Å²) >= 11 is 0. The van der Waals surface area contributed by atoms with E-state index in [1.165, 1.54) is 5.56 Å². The molecule has 6 nitrogen and oxygen atoms in total. The van der Waals surface area contributed by atoms with Gasteiger partial charge in [0.1, 0.15) is 0 Å². The molecule has 130 valence electrons. The van der Waals surface area contributed by atoms with Crippen molar-refractivity contribution >= 4 is 18.3 Å². The maximum Gasteiger partial charge on any atom is 0.225 e. The first-order valence-electron chi connectivity index (χ1n) is 7.37. The molecule has 7 heteroatoms. The highest BCUT2D eigenvalue weighted by Gasteiger charge is 2.24. The molecule has 2 rings (SSSR count). The summed E-state index contributed by atoms with van der Waals surface area (Å²) in [6, 6.07) is 3.94. The number of halogens is 1. The van der Waals surface area contributed by atoms with Gasteiger partial charge in [-0.3, -0.25) is 4.79 Å². The Balaban J connectivity index is 0.00000264. The third kappa shape index (κ3) is 4.50. The van der Waals surface area contributed by atoms with Crippen LogP contribution in [-0.2, 0) is 22.5 Å². The zero-order chi connectivity index (χ0) is 16.1. The average Bonchev–Trinajstić information content (AvgIpc) is 2.57. The second kappa shape index (κ2) is 8.96. The molecule has 0 fully saturated rings. The van der Waals surface area contributed by atoms with Gasteiger partial charge < -0.3 is 24.8 Å². The van der Waals surface area contributed by atoms with Gasteiger partial charge in [-0.25, -0.2) is 0 Å². The SMILES string of the molecule is COc1cc2c(cc1OC)CN(C(=O)CC(CN)OC)CC2.Cl. The number of ether oxygens (including phenoxy) is 3. The van der Waals surface area contributed by atoms with Crippen LogP contribution in [0.15, 0.2) is 12.1 Å². The number of nitrogens with two attached hydrogens (primary N) is 1. The van der Waals surface area contributed by atoms with Gasteiger partial charge in [0.05, 0.1) is 26.7 Å². The molecule has 1 aliphatic heterocycles. The molecule has 1 atom stereocenters. The van der Waals surface area contributed by atoms with Crippen LogP contribution in [-0.4, -0.2) is 51.3 Å². The number of fused-ring (bicyclic) bond motifs is 1. The predicted octanol–water partition coefficient (Wildman–Crippen LogP) is 1.37. The summed E-state index contributed by atoms with van der Waals surface area (Å²) in [4.78, 5) is 14.2. The Hall–Kier alpha value is -1.50. The largest absolute Gasteiger partial charge is 0.493 e. The van der Waals surface area contributed by atoms with E-state index >= 15 is 0 Å². The van der Waals surface area contributed by atoms with Gasteiger partial charge in [-0.1, -0.05) is 0 Å². The summed E-state index contributed by atoms with van der Waals surface area (Å²) in [6.07, 6.45) is 0.899. The van der Waals surface area contributed by atoms with Crippen LogP contribution in [0.3, 0.4) is 0 Å². The molecule has 0 aliphatic carbocycles. The monoisotopic (exact) mass is 344 g/mol. The lowest BCUT2D eigenvalue weighted by atomic mass is 9.98. The van der Waals surface area contributed by atoms with Gasteiger partial charge in [-0.2, -0.15) is 0 Å². The van der Waals surface area contributed by atoms with E-state index in [4.69, 9.17) is 19.9 Å². The predicted molar refractivity (Wildman–Crippen MR) is 90.4 cm³/mol. The minimum atomic E-state index is -0.223. The molecule has 0 radical (unpaired) electrons. The number of rotatable bonds is 6. The van der Waals surface area contributed by atoms with Gasteiger partial charge in [-0.05, 0) is 29.7 Å². The van der Waals surface area contributed by atoms with Crippen molar-refractivity contribution in [2.45, 2.75) is 25.5 Å². The second-order valence-corrected chi connectivity index (χ2v) is 5.34. The van der Waals surface area contributed by atoms with E-state index in [1.54, 1.807) is 21.3 Å². The highest BCUT2D eigenvalue weighted by molar-refractivity contribution is 5.85. The first kappa shape index (κ1) is 19.5. The number of methoxy groups -OCH3 is 3. The van der Waals surface area contributed by atoms with Gasteiger partial charge >= 0.3 is 0 Å². The van der Waals surface area contributed by atoms with Crippen LogP contribution in [0, 0.1) is 0 Å². The second-order valence-electron chi connectivity index (χ2n) is 5.34. The summed E-state index contributed by atoms with van der Waals surface area (Å²) in [5, 5.41) is 0. The number of hydrogen-bond donors (Lipinski definition) is 1. The maximum atomic E-state index is 12.3. The molecule has 0 bridgehead atoms. The molecule has 2 N–H and O–H groups in total. The lowest BCUT2D eigenvalue weighted by Gasteiger charge is -2.30. The van der Waals surface area contributed by atoms with Crippen molar-refractivity contribution in [1.29, 1.82) is 0 Å². The van der Waals surface area contributed by atoms with E-state index < -0.39 is 0 Å². The van der Waals surface area contributed by atoms with Crippen molar-refractivity contribution in [2.24, 2.45) is 5.73 Å². The van der Waals surface area contributed by atoms with E-state index in [9.17, 15) is 4.79 Å². The van der Waals surface area contributed by atoms with Gasteiger partial charge in [0.15, 0.2) is 11.5 Å². The Morgan fingerprint density at radius 2 is 1.83 bits per heavy atom. The molecule has 23 heavy (non-hydrogen) atoms. The Morgan fingerprint density at radius 1 is 1.22 bits per heavy atom. The zero-order valence-electron chi connectivity index (χ0n) is 13.8. The molecule has 0 saturated heterocycles. The van der Waals surface area contributed by atoms with Crippen molar-refractivity contribution < 1.29 is 19.0 Å². The van der Waals surface area contributed by atoms with E-state index in [0.29, 0.717) is 31.8 Å². The topological polar surface area (TPSA) is 74.0 Å². The molecule has 1 aromatic rings. The summed E-state index contributed by atoms with van der Waals surface area (Å²) < 4.78 is 15.8. The van der Waals surface area contributed by atoms with E-state index in [2.05, 4.69) is 0 Å². The molecular weight excluding hydrogens is 320 g/mol. The maximum absolute atomic E-state index is 12.3. The van der Waals surface area contributed by atoms with Crippen molar-refractivity contribution in [3.8, 4) is 11.5 Å². The molecule has 0 spiro atoms. The lowest BCUT2D eigenvalue weighted by molar-refractivity contribution is -0.134. The Kier molecular flexibility index (Phi) is 7.61. The first-order chi connectivity index (χ1) is 10.6. The van der Waals surface area contributed by atoms with Crippen LogP contribution in [0.4, 0.5) is 0 Å². The minimum absolute atomic E-state index is 0. The van der Waals surface area contributed by atoms with Gasteiger partial charge in [-0.15, -0.1) is 12.4 Å². The Morgan fingerprint density at radius 3 is 2.35 bits per heavy atom. The highest BCUT2D eigenvalue weighted by Crippen LogP contribution is 2.33. The zero-order valence-corrected chi connectivity index (χ0v) is 14.6. The number of amides is 1. The van der Waals surface area contributed by atoms with Crippen LogP contribution in [0.25, 0.3) is 0 Å². The fourth-order valence-corrected chi connectivity index (χ4v) is 2.68. The fraction of sp³-hybridized carbons (Fsp3) is 0.562. The Bertz CT molecular complexity index is 535. The Labute approximate surface area is 143 Å². The number of carbonyl (C=O) groups excluding carboxylic acids is 1. The van der Waals surface area contributed by atoms with Crippen LogP contribution >= 0.6 is 12.4 Å². The molecule has 1 amide bonds. The molecule has 1 unspecified atom stereocenters. The van der Waals surface area contributed by atoms with E-state index in [-0.39, 0.29) is 24.4 Å². The lowest BCUT2D eigenvalue weighted by Crippen LogP contribution is -2.39. The number of benzene rings is 1. The quantitative estimate of drug-likeness (QED) is 0.843. The summed E-state index contributed by atoms with van der Waals surface area (Å²) in [7, 11) is 4.81. The summed E-state index contributed by atoms with van der Waals surface area (Å²) in [5.41, 5.74) is 7.88. The first-order valence-corrected chi connectivity index (χ1v) is 7.37. The number of nitrogens with zero attached hydrogens (tertiary/aromatic N) is 1. The van der Waals surface area contributed by atoms with Crippen molar-refractivity contribution in [3.63, 3.8) is 0 Å². The summed E-state index contributed by atoms with van der Waals surface area (Å²) in [5.74, 6) is 1.48. The third-order valence-electron chi connectivity index (χ3n) is 4.07. The van der Waals surface area contributed by atoms with Crippen LogP contribution in [0.5, 0.6) is 11.5 Å². The van der Waals surface area contributed by atoms with E-state index in [1.807, 2.05) is 17.0 Å². The normalized spacial score (nSPS) is 14.5. The van der Waals surface area contributed by atoms with Crippen LogP contribution in [0.2, 0.25) is 0 Å². The van der Waals surface area contributed by atoms with Crippen molar-refractivity contribution in [2.75, 3.05) is 34.4 Å². The molecule has 1 heterocycles. The average molecular weight is 345 g/mol. The fourth-order valence-electron chi connectivity index (χ4n) is 2.68. The molecule has 1 aromatic carbocycles. The molecule has 0 saturated carbocycles. The standard InChI is InChI=1S/C16H24N2O4.ClH/c1-20-13(9-17)8-16(19)18-5-4-11-6-14(21-2)15(22-3)7-12(11)10-18;/h6-7,13H,4-5,8-10,17H2,1-3H3;1H. The van der Waals surface area contributed by atoms with Crippen molar-refractivity contribution in [3.05, 3.63) is 23.3 Å². The van der Waals surface area contributed by atoms with Gasteiger partial charge in [0.2, 0.25) is 5.91 Å². The van der Waals surface area contributed by atoms with Gasteiger partial charge in [0.25, 0.3) is 0 Å². The minimum Gasteiger partial charge on any atom is -0.493 e. The van der Waals surface area contributed by atoms with Crippen LogP contribution < -0.4 is 15.2 Å². The molecular formula is C16H25ClN2O4. The highest BCUT2D eigenvalue weighted by atomic mass is 35.5. The smallest absolute Gasteiger partial charge is 0.225 e. The van der Waals surface area contributed by atoms with Crippen LogP contribution in [0.1, 0.15) is 17.5 Å². The van der Waals surface area contributed by atoms with Gasteiger partial charge in [0, 0.05) is 26.7 Å². The van der Waals surface area contributed by atoms with Crippen molar-refractivity contribution in [1.82, 2.24) is 4.90 Å². The van der Waals surface area contributed by atoms with E-state index in [0.717, 1.165) is 17.7 Å². The number of hydrogen-bond acceptors (Lipinski definition) is 5. The summed E-state index contributed by atoms with van der Waals surface area (Å²) in [6.45, 7) is 1.62.